The van der Waals surface area contributed by atoms with Crippen LogP contribution < -0.4 is 5.73 Å². The number of nitrogens with zero attached hydrogens (tertiary/aromatic N) is 3. The molecule has 1 aliphatic carbocycles. The van der Waals surface area contributed by atoms with E-state index in [-0.39, 0.29) is 5.91 Å². The zero-order valence-corrected chi connectivity index (χ0v) is 12.4. The van der Waals surface area contributed by atoms with Crippen molar-refractivity contribution in [2.75, 3.05) is 5.73 Å². The van der Waals surface area contributed by atoms with Crippen LogP contribution in [0.15, 0.2) is 30.3 Å². The van der Waals surface area contributed by atoms with Gasteiger partial charge < -0.3 is 10.6 Å². The van der Waals surface area contributed by atoms with E-state index in [1.165, 1.54) is 0 Å². The van der Waals surface area contributed by atoms with Gasteiger partial charge in [-0.25, -0.2) is 0 Å². The number of carbonyl (C=O) groups is 1. The molecule has 1 fully saturated rings. The van der Waals surface area contributed by atoms with Crippen LogP contribution in [0.5, 0.6) is 0 Å². The molecule has 0 spiro atoms. The Bertz CT molecular complexity index is 673. The molecule has 2 aromatic rings. The molecule has 5 nitrogen and oxygen atoms in total. The molecule has 21 heavy (non-hydrogen) atoms. The molecule has 5 heteroatoms. The number of hydrogen-bond acceptors (Lipinski definition) is 3. The molecule has 1 aromatic heterocycles. The minimum absolute atomic E-state index is 0.0445. The zero-order valence-electron chi connectivity index (χ0n) is 12.4. The van der Waals surface area contributed by atoms with Gasteiger partial charge in [-0.1, -0.05) is 12.1 Å². The average Bonchev–Trinajstić information content (AvgIpc) is 3.21. The highest BCUT2D eigenvalue weighted by atomic mass is 16.2. The van der Waals surface area contributed by atoms with Crippen molar-refractivity contribution >= 4 is 11.6 Å². The van der Waals surface area contributed by atoms with Crippen LogP contribution in [0.3, 0.4) is 0 Å². The lowest BCUT2D eigenvalue weighted by Gasteiger charge is -2.22. The van der Waals surface area contributed by atoms with E-state index in [2.05, 4.69) is 5.10 Å². The number of carbonyl (C=O) groups excluding carboxylic acids is 1. The third kappa shape index (κ3) is 2.91. The van der Waals surface area contributed by atoms with Crippen LogP contribution in [0.2, 0.25) is 0 Å². The molecule has 0 aliphatic heterocycles. The van der Waals surface area contributed by atoms with Gasteiger partial charge in [-0.15, -0.1) is 0 Å². The number of nitrogens with two attached hydrogens (primary N) is 1. The Kier molecular flexibility index (Phi) is 3.41. The Morgan fingerprint density at radius 2 is 2.19 bits per heavy atom. The summed E-state index contributed by atoms with van der Waals surface area (Å²) in [5.74, 6) is 0.0445. The predicted octanol–water partition coefficient (Wildman–Crippen LogP) is 2.12. The Morgan fingerprint density at radius 1 is 1.43 bits per heavy atom. The molecule has 1 aromatic carbocycles. The summed E-state index contributed by atoms with van der Waals surface area (Å²) in [5, 5.41) is 4.26. The molecular weight excluding hydrogens is 264 g/mol. The van der Waals surface area contributed by atoms with Crippen LogP contribution in [0.25, 0.3) is 0 Å². The highest BCUT2D eigenvalue weighted by Crippen LogP contribution is 2.30. The van der Waals surface area contributed by atoms with Crippen LogP contribution in [0.1, 0.15) is 34.6 Å². The summed E-state index contributed by atoms with van der Waals surface area (Å²) in [4.78, 5) is 14.7. The van der Waals surface area contributed by atoms with Gasteiger partial charge in [0.25, 0.3) is 5.91 Å². The van der Waals surface area contributed by atoms with Crippen molar-refractivity contribution in [2.24, 2.45) is 7.05 Å². The van der Waals surface area contributed by atoms with Crippen LogP contribution in [-0.2, 0) is 13.6 Å². The van der Waals surface area contributed by atoms with Crippen LogP contribution in [0, 0.1) is 6.92 Å². The van der Waals surface area contributed by atoms with Gasteiger partial charge in [0.15, 0.2) is 0 Å². The first kappa shape index (κ1) is 13.7. The van der Waals surface area contributed by atoms with E-state index >= 15 is 0 Å². The lowest BCUT2D eigenvalue weighted by atomic mass is 10.2. The number of aromatic nitrogens is 2. The normalized spacial score (nSPS) is 14.2. The Morgan fingerprint density at radius 3 is 2.76 bits per heavy atom. The standard InChI is InChI=1S/C16H20N4O/c1-11-8-15(19(2)18-11)16(21)20(14-6-7-14)10-12-4-3-5-13(17)9-12/h3-5,8-9,14H,6-7,10,17H2,1-2H3. The third-order valence-corrected chi connectivity index (χ3v) is 3.77. The second-order valence-corrected chi connectivity index (χ2v) is 5.70. The van der Waals surface area contributed by atoms with E-state index in [0.717, 1.165) is 29.8 Å². The fourth-order valence-corrected chi connectivity index (χ4v) is 2.60. The molecule has 1 heterocycles. The molecule has 0 bridgehead atoms. The van der Waals surface area contributed by atoms with E-state index in [9.17, 15) is 4.79 Å². The molecule has 0 unspecified atom stereocenters. The highest BCUT2D eigenvalue weighted by molar-refractivity contribution is 5.93. The average molecular weight is 284 g/mol. The number of amides is 1. The van der Waals surface area contributed by atoms with E-state index in [1.807, 2.05) is 49.2 Å². The van der Waals surface area contributed by atoms with Crippen LogP contribution in [-0.4, -0.2) is 26.6 Å². The lowest BCUT2D eigenvalue weighted by Crippen LogP contribution is -2.33. The highest BCUT2D eigenvalue weighted by Gasteiger charge is 2.34. The van der Waals surface area contributed by atoms with Gasteiger partial charge >= 0.3 is 0 Å². The summed E-state index contributed by atoms with van der Waals surface area (Å²) in [6.45, 7) is 2.49. The van der Waals surface area contributed by atoms with Crippen molar-refractivity contribution in [3.8, 4) is 0 Å². The van der Waals surface area contributed by atoms with E-state index < -0.39 is 0 Å². The summed E-state index contributed by atoms with van der Waals surface area (Å²) < 4.78 is 1.66. The summed E-state index contributed by atoms with van der Waals surface area (Å²) in [5.41, 5.74) is 9.12. The first-order valence-electron chi connectivity index (χ1n) is 7.20. The number of hydrogen-bond donors (Lipinski definition) is 1. The Balaban J connectivity index is 1.85. The molecule has 2 N–H and O–H groups in total. The molecule has 1 saturated carbocycles. The van der Waals surface area contributed by atoms with Crippen molar-refractivity contribution in [2.45, 2.75) is 32.4 Å². The molecule has 1 amide bonds. The zero-order chi connectivity index (χ0) is 15.0. The fourth-order valence-electron chi connectivity index (χ4n) is 2.60. The number of aryl methyl sites for hydroxylation is 2. The molecule has 1 aliphatic rings. The van der Waals surface area contributed by atoms with Gasteiger partial charge in [-0.05, 0) is 43.5 Å². The van der Waals surface area contributed by atoms with Crippen molar-refractivity contribution < 1.29 is 4.79 Å². The summed E-state index contributed by atoms with van der Waals surface area (Å²) in [7, 11) is 1.81. The smallest absolute Gasteiger partial charge is 0.272 e. The van der Waals surface area contributed by atoms with Crippen molar-refractivity contribution in [1.29, 1.82) is 0 Å². The number of nitrogen functional groups attached to an aromatic ring is 1. The van der Waals surface area contributed by atoms with Crippen molar-refractivity contribution in [1.82, 2.24) is 14.7 Å². The van der Waals surface area contributed by atoms with Gasteiger partial charge in [0, 0.05) is 25.3 Å². The first-order valence-corrected chi connectivity index (χ1v) is 7.20. The van der Waals surface area contributed by atoms with Gasteiger partial charge in [0.2, 0.25) is 0 Å². The van der Waals surface area contributed by atoms with Gasteiger partial charge in [-0.2, -0.15) is 5.10 Å². The predicted molar refractivity (Wildman–Crippen MR) is 81.7 cm³/mol. The summed E-state index contributed by atoms with van der Waals surface area (Å²) >= 11 is 0. The Labute approximate surface area is 124 Å². The van der Waals surface area contributed by atoms with Crippen LogP contribution >= 0.6 is 0 Å². The van der Waals surface area contributed by atoms with Gasteiger partial charge in [-0.3, -0.25) is 9.48 Å². The largest absolute Gasteiger partial charge is 0.399 e. The molecule has 110 valence electrons. The Hall–Kier alpha value is -2.30. The van der Waals surface area contributed by atoms with Crippen LogP contribution in [0.4, 0.5) is 5.69 Å². The van der Waals surface area contributed by atoms with E-state index in [4.69, 9.17) is 5.73 Å². The third-order valence-electron chi connectivity index (χ3n) is 3.77. The second kappa shape index (κ2) is 5.24. The molecule has 0 atom stereocenters. The minimum Gasteiger partial charge on any atom is -0.399 e. The molecular formula is C16H20N4O. The SMILES string of the molecule is Cc1cc(C(=O)N(Cc2cccc(N)c2)C2CC2)n(C)n1. The minimum atomic E-state index is 0.0445. The maximum atomic E-state index is 12.8. The fraction of sp³-hybridized carbons (Fsp3) is 0.375. The molecule has 0 radical (unpaired) electrons. The number of anilines is 1. The van der Waals surface area contributed by atoms with Crippen molar-refractivity contribution in [3.05, 3.63) is 47.3 Å². The van der Waals surface area contributed by atoms with E-state index in [0.29, 0.717) is 18.3 Å². The van der Waals surface area contributed by atoms with Gasteiger partial charge in [0.1, 0.15) is 5.69 Å². The van der Waals surface area contributed by atoms with Gasteiger partial charge in [0.05, 0.1) is 5.69 Å². The van der Waals surface area contributed by atoms with Crippen molar-refractivity contribution in [3.63, 3.8) is 0 Å². The monoisotopic (exact) mass is 284 g/mol. The number of benzene rings is 1. The summed E-state index contributed by atoms with van der Waals surface area (Å²) in [6.07, 6.45) is 2.15. The topological polar surface area (TPSA) is 64.2 Å². The maximum Gasteiger partial charge on any atom is 0.272 e. The van der Waals surface area contributed by atoms with E-state index in [1.54, 1.807) is 4.68 Å². The lowest BCUT2D eigenvalue weighted by molar-refractivity contribution is 0.0718. The molecule has 0 saturated heterocycles. The maximum absolute atomic E-state index is 12.8. The molecule has 3 rings (SSSR count). The number of rotatable bonds is 4. The quantitative estimate of drug-likeness (QED) is 0.875. The first-order chi connectivity index (χ1) is 10.0. The summed E-state index contributed by atoms with van der Waals surface area (Å²) in [6, 6.07) is 9.90. The second-order valence-electron chi connectivity index (χ2n) is 5.70.